The Labute approximate surface area is 269 Å². The third kappa shape index (κ3) is 9.39. The van der Waals surface area contributed by atoms with Gasteiger partial charge in [-0.2, -0.15) is 13.2 Å². The molecule has 2 heterocycles. The number of pyridine rings is 1. The maximum atomic E-state index is 13.7. The molecule has 0 aliphatic rings. The van der Waals surface area contributed by atoms with Crippen molar-refractivity contribution < 1.29 is 37.3 Å². The molecule has 0 aliphatic heterocycles. The number of thiazole rings is 1. The Kier molecular flexibility index (Phi) is 10.3. The average Bonchev–Trinajstić information content (AvgIpc) is 3.37. The van der Waals surface area contributed by atoms with E-state index in [4.69, 9.17) is 9.47 Å². The monoisotopic (exact) mass is 658 g/mol. The van der Waals surface area contributed by atoms with E-state index in [9.17, 15) is 27.9 Å². The van der Waals surface area contributed by atoms with E-state index in [0.717, 1.165) is 39.8 Å². The third-order valence-corrected chi connectivity index (χ3v) is 7.64. The highest BCUT2D eigenvalue weighted by atomic mass is 32.1. The largest absolute Gasteiger partial charge is 0.444 e. The molecule has 0 radical (unpaired) electrons. The number of carbonyl (C=O) groups is 2. The Morgan fingerprint density at radius 1 is 0.957 bits per heavy atom. The van der Waals surface area contributed by atoms with Crippen LogP contribution in [-0.2, 0) is 28.7 Å². The first-order chi connectivity index (χ1) is 21.4. The SMILES string of the molecule is CC(C)(C)OC(=O)N[C@@H](Cc1ccc(C(F)(F)F)cc1)CN(C(=O)OC(C)(C)C)c1nc(CO)c(-c2ccc3cnccc3c2)s1. The number of halogens is 3. The van der Waals surface area contributed by atoms with Gasteiger partial charge in [0.15, 0.2) is 5.13 Å². The summed E-state index contributed by atoms with van der Waals surface area (Å²) in [5.74, 6) is 0. The van der Waals surface area contributed by atoms with Crippen LogP contribution in [0.2, 0.25) is 0 Å². The van der Waals surface area contributed by atoms with E-state index in [2.05, 4.69) is 15.3 Å². The maximum Gasteiger partial charge on any atom is 0.416 e. The highest BCUT2D eigenvalue weighted by Crippen LogP contribution is 2.37. The predicted octanol–water partition coefficient (Wildman–Crippen LogP) is 7.75. The van der Waals surface area contributed by atoms with Gasteiger partial charge in [0.25, 0.3) is 0 Å². The number of hydrogen-bond acceptors (Lipinski definition) is 8. The summed E-state index contributed by atoms with van der Waals surface area (Å²) in [6, 6.07) is 11.3. The molecule has 0 bridgehead atoms. The molecule has 13 heteroatoms. The van der Waals surface area contributed by atoms with Gasteiger partial charge in [0.2, 0.25) is 0 Å². The van der Waals surface area contributed by atoms with Crippen LogP contribution in [0.25, 0.3) is 21.2 Å². The molecule has 0 saturated carbocycles. The third-order valence-electron chi connectivity index (χ3n) is 6.47. The first-order valence-corrected chi connectivity index (χ1v) is 15.3. The zero-order chi connectivity index (χ0) is 33.9. The quantitative estimate of drug-likeness (QED) is 0.199. The van der Waals surface area contributed by atoms with Crippen molar-refractivity contribution >= 4 is 39.4 Å². The highest BCUT2D eigenvalue weighted by Gasteiger charge is 2.32. The summed E-state index contributed by atoms with van der Waals surface area (Å²) in [5.41, 5.74) is -0.933. The lowest BCUT2D eigenvalue weighted by Gasteiger charge is -2.30. The number of alkyl carbamates (subject to hydrolysis) is 1. The minimum atomic E-state index is -4.50. The zero-order valence-corrected chi connectivity index (χ0v) is 27.3. The van der Waals surface area contributed by atoms with Gasteiger partial charge in [-0.3, -0.25) is 9.88 Å². The lowest BCUT2D eigenvalue weighted by atomic mass is 10.0. The van der Waals surface area contributed by atoms with Gasteiger partial charge in [-0.25, -0.2) is 14.6 Å². The second kappa shape index (κ2) is 13.6. The number of amides is 2. The van der Waals surface area contributed by atoms with Crippen LogP contribution in [-0.4, -0.2) is 51.0 Å². The number of hydrogen-bond donors (Lipinski definition) is 2. The van der Waals surface area contributed by atoms with Gasteiger partial charge < -0.3 is 19.9 Å². The minimum Gasteiger partial charge on any atom is -0.444 e. The Morgan fingerprint density at radius 2 is 1.63 bits per heavy atom. The first-order valence-electron chi connectivity index (χ1n) is 14.5. The Hall–Kier alpha value is -4.23. The van der Waals surface area contributed by atoms with Gasteiger partial charge >= 0.3 is 18.4 Å². The molecule has 0 fully saturated rings. The molecule has 2 aromatic carbocycles. The van der Waals surface area contributed by atoms with Crippen LogP contribution in [0.5, 0.6) is 0 Å². The molecule has 246 valence electrons. The number of ether oxygens (including phenoxy) is 2. The molecule has 46 heavy (non-hydrogen) atoms. The van der Waals surface area contributed by atoms with Crippen molar-refractivity contribution in [2.45, 2.75) is 78.0 Å². The molecule has 0 saturated heterocycles. The van der Waals surface area contributed by atoms with Gasteiger partial charge in [0.1, 0.15) is 11.2 Å². The number of rotatable bonds is 8. The van der Waals surface area contributed by atoms with Crippen LogP contribution in [0.3, 0.4) is 0 Å². The summed E-state index contributed by atoms with van der Waals surface area (Å²) in [4.78, 5) is 37.2. The van der Waals surface area contributed by atoms with E-state index < -0.39 is 47.8 Å². The lowest BCUT2D eigenvalue weighted by molar-refractivity contribution is -0.137. The number of alkyl halides is 3. The molecular weight excluding hydrogens is 621 g/mol. The van der Waals surface area contributed by atoms with Crippen LogP contribution in [0.1, 0.15) is 58.4 Å². The zero-order valence-electron chi connectivity index (χ0n) is 26.4. The van der Waals surface area contributed by atoms with Crippen molar-refractivity contribution in [2.75, 3.05) is 11.4 Å². The molecule has 4 aromatic rings. The molecule has 2 N–H and O–H groups in total. The standard InChI is InChI=1S/C33H37F3N4O5S/c1-31(2,3)44-29(42)38-25(15-20-7-11-24(12-8-20)33(34,35)36)18-40(30(43)45-32(4,5)6)28-39-26(19-41)27(46-28)22-9-10-23-17-37-14-13-21(23)16-22/h7-14,16-17,25,41H,15,18-19H2,1-6H3,(H,38,42)/t25-/m0/s1. The van der Waals surface area contributed by atoms with Crippen molar-refractivity contribution in [3.8, 4) is 10.4 Å². The van der Waals surface area contributed by atoms with Gasteiger partial charge in [-0.05, 0) is 88.7 Å². The number of nitrogens with zero attached hydrogens (tertiary/aromatic N) is 3. The molecule has 0 spiro atoms. The minimum absolute atomic E-state index is 0.0560. The number of anilines is 1. The number of aromatic nitrogens is 2. The van der Waals surface area contributed by atoms with Crippen molar-refractivity contribution in [2.24, 2.45) is 0 Å². The fourth-order valence-corrected chi connectivity index (χ4v) is 5.60. The Morgan fingerprint density at radius 3 is 2.24 bits per heavy atom. The summed E-state index contributed by atoms with van der Waals surface area (Å²) < 4.78 is 50.8. The molecule has 1 atom stereocenters. The number of benzene rings is 2. The number of carbonyl (C=O) groups excluding carboxylic acids is 2. The first kappa shape index (κ1) is 34.6. The topological polar surface area (TPSA) is 114 Å². The maximum absolute atomic E-state index is 13.7. The molecule has 2 aromatic heterocycles. The molecular formula is C33H37F3N4O5S. The molecule has 0 aliphatic carbocycles. The van der Waals surface area contributed by atoms with Crippen molar-refractivity contribution in [3.63, 3.8) is 0 Å². The van der Waals surface area contributed by atoms with E-state index in [0.29, 0.717) is 16.1 Å². The van der Waals surface area contributed by atoms with E-state index in [1.807, 2.05) is 24.3 Å². The normalized spacial score (nSPS) is 12.9. The second-order valence-corrected chi connectivity index (χ2v) is 13.7. The number of aliphatic hydroxyl groups excluding tert-OH is 1. The lowest BCUT2D eigenvalue weighted by Crippen LogP contribution is -2.49. The summed E-state index contributed by atoms with van der Waals surface area (Å²) in [6.45, 7) is 9.63. The van der Waals surface area contributed by atoms with E-state index in [1.165, 1.54) is 17.0 Å². The van der Waals surface area contributed by atoms with Gasteiger partial charge in [0.05, 0.1) is 35.3 Å². The van der Waals surface area contributed by atoms with Crippen LogP contribution in [0.15, 0.2) is 60.9 Å². The van der Waals surface area contributed by atoms with E-state index in [1.54, 1.807) is 53.9 Å². The Bertz CT molecular complexity index is 1680. The van der Waals surface area contributed by atoms with Crippen molar-refractivity contribution in [1.82, 2.24) is 15.3 Å². The summed E-state index contributed by atoms with van der Waals surface area (Å²) in [6.07, 6.45) is -2.56. The molecule has 4 rings (SSSR count). The average molecular weight is 659 g/mol. The molecule has 9 nitrogen and oxygen atoms in total. The highest BCUT2D eigenvalue weighted by molar-refractivity contribution is 7.19. The fourth-order valence-electron chi connectivity index (χ4n) is 4.53. The number of fused-ring (bicyclic) bond motifs is 1. The molecule has 2 amide bonds. The summed E-state index contributed by atoms with van der Waals surface area (Å²) >= 11 is 1.16. The van der Waals surface area contributed by atoms with Gasteiger partial charge in [0, 0.05) is 17.8 Å². The van der Waals surface area contributed by atoms with Gasteiger partial charge in [-0.1, -0.05) is 35.6 Å². The summed E-state index contributed by atoms with van der Waals surface area (Å²) in [5, 5.41) is 15.1. The summed E-state index contributed by atoms with van der Waals surface area (Å²) in [7, 11) is 0. The van der Waals surface area contributed by atoms with Crippen molar-refractivity contribution in [1.29, 1.82) is 0 Å². The molecule has 0 unspecified atom stereocenters. The predicted molar refractivity (Wildman–Crippen MR) is 171 cm³/mol. The van der Waals surface area contributed by atoms with Crippen LogP contribution in [0.4, 0.5) is 27.9 Å². The van der Waals surface area contributed by atoms with E-state index >= 15 is 0 Å². The smallest absolute Gasteiger partial charge is 0.416 e. The van der Waals surface area contributed by atoms with Crippen molar-refractivity contribution in [3.05, 3.63) is 77.7 Å². The second-order valence-electron chi connectivity index (χ2n) is 12.7. The van der Waals surface area contributed by atoms with E-state index in [-0.39, 0.29) is 18.1 Å². The van der Waals surface area contributed by atoms with Crippen LogP contribution in [0, 0.1) is 0 Å². The van der Waals surface area contributed by atoms with Crippen LogP contribution >= 0.6 is 11.3 Å². The number of nitrogens with one attached hydrogen (secondary N) is 1. The number of aliphatic hydroxyl groups is 1. The fraction of sp³-hybridized carbons (Fsp3) is 0.394. The van der Waals surface area contributed by atoms with Crippen LogP contribution < -0.4 is 10.2 Å². The Balaban J connectivity index is 1.73. The van der Waals surface area contributed by atoms with Gasteiger partial charge in [-0.15, -0.1) is 0 Å².